The van der Waals surface area contributed by atoms with Crippen LogP contribution in [-0.4, -0.2) is 223 Å². The minimum atomic E-state index is -4.67. The van der Waals surface area contributed by atoms with Crippen LogP contribution in [0.25, 0.3) is 0 Å². The summed E-state index contributed by atoms with van der Waals surface area (Å²) in [4.78, 5) is 153. The lowest BCUT2D eigenvalue weighted by Gasteiger charge is -2.22. The number of hydrogen-bond acceptors (Lipinski definition) is 31. The molecule has 5 rings (SSSR count). The third kappa shape index (κ3) is 75.3. The Morgan fingerprint density at radius 3 is 0.839 bits per heavy atom. The number of benzene rings is 5. The predicted molar refractivity (Wildman–Crippen MR) is 474 cm³/mol. The average molecular weight is 1840 g/mol. The minimum Gasteiger partial charge on any atom is -0.507 e. The van der Waals surface area contributed by atoms with Gasteiger partial charge in [0.1, 0.15) is 104 Å². The number of rotatable bonds is 18. The molecule has 42 heteroatoms. The highest BCUT2D eigenvalue weighted by Gasteiger charge is 2.28. The number of terminal acetylenes is 1. The summed E-state index contributed by atoms with van der Waals surface area (Å²) in [6.07, 6.45) is 4.57. The largest absolute Gasteiger partial charge is 0.507 e. The number of aliphatic carboxylic acids is 1. The maximum absolute atomic E-state index is 12.2. The van der Waals surface area contributed by atoms with Gasteiger partial charge < -0.3 is 111 Å². The van der Waals surface area contributed by atoms with Crippen LogP contribution in [0.15, 0.2) is 121 Å². The number of carbonyl (C=O) groups is 14. The second-order valence-corrected chi connectivity index (χ2v) is 30.3. The lowest BCUT2D eigenvalue weighted by Crippen LogP contribution is -2.40. The fraction of sp³-hybridized carbons (Fsp3) is 0.439. The zero-order valence-electron chi connectivity index (χ0n) is 74.7. The number of Topliss-reactive ketones (excluding diaryl/α,β-unsaturated/α-hetero) is 2. The Morgan fingerprint density at radius 1 is 0.419 bits per heavy atom. The molecule has 0 spiro atoms. The van der Waals surface area contributed by atoms with Gasteiger partial charge in [-0.1, -0.05) is 60.7 Å². The number of carboxylic acids is 4. The first-order chi connectivity index (χ1) is 57.3. The monoisotopic (exact) mass is 1830 g/mol. The maximum atomic E-state index is 12.2. The van der Waals surface area contributed by atoms with Crippen molar-refractivity contribution in [2.75, 3.05) is 52.5 Å². The fourth-order valence-electron chi connectivity index (χ4n) is 7.09. The third-order valence-corrected chi connectivity index (χ3v) is 12.9. The van der Waals surface area contributed by atoms with Crippen molar-refractivity contribution in [2.24, 2.45) is 23.3 Å². The van der Waals surface area contributed by atoms with Crippen LogP contribution in [0.4, 0.5) is 14.4 Å². The number of thiol groups is 3. The van der Waals surface area contributed by atoms with E-state index in [1.54, 1.807) is 66.7 Å². The van der Waals surface area contributed by atoms with Crippen LogP contribution in [0.3, 0.4) is 0 Å². The molecule has 124 heavy (non-hydrogen) atoms. The van der Waals surface area contributed by atoms with E-state index >= 15 is 0 Å². The number of alkyl carbamates (subject to hydrolysis) is 3. The highest BCUT2D eigenvalue weighted by atomic mass is 32.3. The topological polar surface area (TPSA) is 620 Å². The number of hydrogen-bond donors (Lipinski definition) is 18. The lowest BCUT2D eigenvalue weighted by atomic mass is 10.1. The number of carboxylic acid groups (broad SMARTS) is 4. The van der Waals surface area contributed by atoms with Crippen LogP contribution < -0.4 is 42.2 Å². The van der Waals surface area contributed by atoms with Crippen molar-refractivity contribution in [3.63, 3.8) is 0 Å². The van der Waals surface area contributed by atoms with Crippen LogP contribution in [0, 0.1) is 24.7 Å². The number of para-hydroxylation sites is 5. The Balaban J connectivity index is -0.000000206. The van der Waals surface area contributed by atoms with Crippen molar-refractivity contribution in [2.45, 2.75) is 172 Å². The van der Waals surface area contributed by atoms with E-state index in [2.05, 4.69) is 81.8 Å². The van der Waals surface area contributed by atoms with E-state index in [-0.39, 0.29) is 133 Å². The predicted octanol–water partition coefficient (Wildman–Crippen LogP) is 11.1. The summed E-state index contributed by atoms with van der Waals surface area (Å²) in [5.74, 6) is -9.38. The number of amides is 4. The number of nitrogens with one attached hydrogen (secondary N) is 4. The van der Waals surface area contributed by atoms with Crippen molar-refractivity contribution in [1.29, 1.82) is 0 Å². The first-order valence-corrected chi connectivity index (χ1v) is 39.5. The number of carbonyl (C=O) groups excluding carboxylic acids is 10. The van der Waals surface area contributed by atoms with Crippen molar-refractivity contribution < 1.29 is 155 Å². The van der Waals surface area contributed by atoms with Crippen LogP contribution in [0.1, 0.15) is 191 Å². The maximum Gasteiger partial charge on any atom is 0.407 e. The Labute approximate surface area is 742 Å². The smallest absolute Gasteiger partial charge is 0.407 e. The number of phenolic OH excluding ortho intramolecular Hbond substituents is 1. The van der Waals surface area contributed by atoms with Crippen molar-refractivity contribution in [1.82, 2.24) is 21.3 Å². The number of ether oxygens (including phenoxy) is 7. The molecule has 698 valence electrons. The molecule has 0 aliphatic rings. The van der Waals surface area contributed by atoms with Crippen LogP contribution in [0.2, 0.25) is 0 Å². The Morgan fingerprint density at radius 2 is 0.653 bits per heavy atom. The van der Waals surface area contributed by atoms with Crippen LogP contribution in [-0.2, 0) is 62.9 Å². The SMILES string of the molecule is CC(=O)CC(CS)C(=O)OC(=O)c1ccccc1O.CC(=O)CC(CS)C(=O)OC(=O)c1ccccc1OC(C)(C)C.CC(=O)NC(CS)C(=O)O.CC(C)(C)Oc1ccccc1C(=O)O.CN.CN.CNC(=O)OC(C)(C)C.CNC(=O)OC(C)(C)C.CNC(=O)OC(C)(C)C.O=C(O)c1ccccc1O.O=C(O)c1ccccc1O.O=S(=O)(O)O.[2H]C#C. The van der Waals surface area contributed by atoms with Gasteiger partial charge in [-0.05, 0) is 192 Å². The van der Waals surface area contributed by atoms with Crippen molar-refractivity contribution in [3.8, 4) is 41.6 Å². The highest BCUT2D eigenvalue weighted by molar-refractivity contribution is 7.80. The van der Waals surface area contributed by atoms with Crippen molar-refractivity contribution in [3.05, 3.63) is 149 Å². The molecule has 0 radical (unpaired) electrons. The van der Waals surface area contributed by atoms with Crippen molar-refractivity contribution >= 4 is 132 Å². The molecule has 38 nitrogen and oxygen atoms in total. The van der Waals surface area contributed by atoms with Gasteiger partial charge in [-0.3, -0.25) is 23.5 Å². The molecule has 0 aliphatic heterocycles. The Kier molecular flexibility index (Phi) is 68.6. The molecule has 0 aromatic heterocycles. The zero-order valence-corrected chi connectivity index (χ0v) is 77.2. The molecule has 0 fully saturated rings. The molecule has 3 unspecified atom stereocenters. The van der Waals surface area contributed by atoms with Gasteiger partial charge in [0.2, 0.25) is 5.91 Å². The number of aromatic hydroxyl groups is 3. The van der Waals surface area contributed by atoms with Gasteiger partial charge in [0.15, 0.2) is 0 Å². The van der Waals surface area contributed by atoms with E-state index < -0.39 is 81.6 Å². The summed E-state index contributed by atoms with van der Waals surface area (Å²) in [6, 6.07) is 29.7. The summed E-state index contributed by atoms with van der Waals surface area (Å²) in [5.41, 5.74) is 7.08. The van der Waals surface area contributed by atoms with E-state index in [0.29, 0.717) is 11.5 Å². The van der Waals surface area contributed by atoms with Gasteiger partial charge in [-0.15, -0.1) is 12.8 Å². The molecule has 0 bridgehead atoms. The van der Waals surface area contributed by atoms with Crippen LogP contribution in [0.5, 0.6) is 28.7 Å². The van der Waals surface area contributed by atoms with Gasteiger partial charge in [-0.25, -0.2) is 43.2 Å². The van der Waals surface area contributed by atoms with Gasteiger partial charge in [0.05, 0.1) is 11.8 Å². The quantitative estimate of drug-likeness (QED) is 0.00967. The summed E-state index contributed by atoms with van der Waals surface area (Å²) >= 11 is 11.7. The van der Waals surface area contributed by atoms with Gasteiger partial charge in [0, 0.05) is 58.2 Å². The number of nitrogens with two attached hydrogens (primary N) is 2. The molecule has 0 saturated carbocycles. The number of phenols is 3. The zero-order chi connectivity index (χ0) is 99.8. The van der Waals surface area contributed by atoms with Crippen LogP contribution >= 0.6 is 37.9 Å². The van der Waals surface area contributed by atoms with Gasteiger partial charge in [0.25, 0.3) is 0 Å². The summed E-state index contributed by atoms with van der Waals surface area (Å²) in [5, 5.41) is 70.6. The molecule has 17 N–H and O–H groups in total. The normalized spacial score (nSPS) is 10.8. The second kappa shape index (κ2) is 67.8. The van der Waals surface area contributed by atoms with Gasteiger partial charge >= 0.3 is 76.4 Å². The molecule has 5 aromatic rings. The van der Waals surface area contributed by atoms with E-state index in [1.165, 1.54) is 117 Å². The molecular weight excluding hydrogens is 1710 g/mol. The highest BCUT2D eigenvalue weighted by Crippen LogP contribution is 2.26. The first kappa shape index (κ1) is 125. The summed E-state index contributed by atoms with van der Waals surface area (Å²) < 4.78 is 72.6. The molecule has 0 aliphatic carbocycles. The van der Waals surface area contributed by atoms with E-state index in [0.717, 1.165) is 0 Å². The minimum absolute atomic E-state index is 0.00422. The molecule has 3 atom stereocenters. The number of aromatic carboxylic acids is 3. The first-order valence-electron chi connectivity index (χ1n) is 36.7. The third-order valence-electron chi connectivity index (χ3n) is 11.7. The number of esters is 4. The lowest BCUT2D eigenvalue weighted by molar-refractivity contribution is -0.144. The molecule has 5 aromatic carbocycles. The Bertz CT molecular complexity index is 4150. The molecule has 0 saturated heterocycles. The fourth-order valence-corrected chi connectivity index (χ4v) is 7.89. The standard InChI is InChI=1S/C17H22O5S.C13H14O5S.C11H14O3.2C7H6O3.3C6H13NO2.C5H9NO3S.C2H2.2CH5N.H2O4S/c1-11(18)9-12(10-23)15(19)21-16(20)13-7-5-6-8-14(13)22-17(2,3)4;1-8(14)6-9(7-19)12(16)18-13(17)10-4-2-3-5-11(10)15;1-11(2,3)14-9-7-5-4-6-8(9)10(12)13;2*8-6-4-2-1-3-5(6)7(9)10;3*1-6(2,3)9-5(8)7-4;1-3(7)6-4(2-10)5(8)9;3*1-2;1-5(2,3)4/h5-8,12,23H,9-10H2,1-4H3;2-5,9,15,19H,6-7H2,1H3;4-7H,1-3H3,(H,12,13);2*1-4,8H,(H,9,10);3*1-4H3,(H,7,8);4,10H,2H2,1H3,(H,6,7)(H,8,9);1-2H;2*2H2,1H3;(H2,1,2,3,4)/i;;;;;;;;;1D;;;. The molecule has 4 amide bonds. The second-order valence-electron chi connectivity index (χ2n) is 28.4. The number of ketones is 2. The summed E-state index contributed by atoms with van der Waals surface area (Å²) in [7, 11) is 2.94. The van der Waals surface area contributed by atoms with E-state index in [1.807, 2.05) is 104 Å². The van der Waals surface area contributed by atoms with E-state index in [4.69, 9.17) is 78.0 Å². The van der Waals surface area contributed by atoms with Gasteiger partial charge in [-0.2, -0.15) is 46.3 Å². The summed E-state index contributed by atoms with van der Waals surface area (Å²) in [6.45, 7) is 31.6. The molecule has 0 heterocycles. The molecular formula is C82H124N6O32S4. The Hall–Kier alpha value is -11.7. The van der Waals surface area contributed by atoms with E-state index in [9.17, 15) is 72.2 Å². The average Bonchev–Trinajstić information content (AvgIpc) is 0.841.